The molecule has 3 rings (SSSR count). The van der Waals surface area contributed by atoms with Crippen LogP contribution in [0, 0.1) is 6.92 Å². The van der Waals surface area contributed by atoms with E-state index in [0.29, 0.717) is 32.0 Å². The van der Waals surface area contributed by atoms with Crippen molar-refractivity contribution >= 4 is 5.96 Å². The van der Waals surface area contributed by atoms with E-state index in [2.05, 4.69) is 45.9 Å². The number of aryl methyl sites for hydroxylation is 1. The summed E-state index contributed by atoms with van der Waals surface area (Å²) in [4.78, 5) is 9.14. The number of benzene rings is 1. The van der Waals surface area contributed by atoms with Crippen molar-refractivity contribution in [3.05, 3.63) is 41.0 Å². The Labute approximate surface area is 178 Å². The Balaban J connectivity index is 1.59. The summed E-state index contributed by atoms with van der Waals surface area (Å²) in [6, 6.07) is 6.25. The summed E-state index contributed by atoms with van der Waals surface area (Å²) >= 11 is 0. The quantitative estimate of drug-likeness (QED) is 0.480. The number of guanidine groups is 1. The van der Waals surface area contributed by atoms with Gasteiger partial charge in [-0.25, -0.2) is 4.99 Å². The van der Waals surface area contributed by atoms with Gasteiger partial charge < -0.3 is 24.6 Å². The highest BCUT2D eigenvalue weighted by atomic mass is 16.5. The van der Waals surface area contributed by atoms with Crippen molar-refractivity contribution < 1.29 is 14.0 Å². The molecule has 1 aliphatic heterocycles. The van der Waals surface area contributed by atoms with Gasteiger partial charge in [0.05, 0.1) is 19.8 Å². The SMILES string of the molecule is CCNC(=NCc1ccc(C)cc1OC1CCOC1)NCCc1nc(C(C)C)no1. The second-order valence-electron chi connectivity index (χ2n) is 7.79. The molecule has 30 heavy (non-hydrogen) atoms. The zero-order valence-electron chi connectivity index (χ0n) is 18.4. The van der Waals surface area contributed by atoms with Crippen LogP contribution >= 0.6 is 0 Å². The zero-order chi connectivity index (χ0) is 21.3. The van der Waals surface area contributed by atoms with E-state index < -0.39 is 0 Å². The van der Waals surface area contributed by atoms with Crippen molar-refractivity contribution in [1.82, 2.24) is 20.8 Å². The number of rotatable bonds is 9. The molecule has 8 heteroatoms. The monoisotopic (exact) mass is 415 g/mol. The van der Waals surface area contributed by atoms with Crippen LogP contribution in [0.3, 0.4) is 0 Å². The third-order valence-corrected chi connectivity index (χ3v) is 4.79. The molecule has 1 fully saturated rings. The Kier molecular flexibility index (Phi) is 8.07. The average Bonchev–Trinajstić information content (AvgIpc) is 3.39. The topological polar surface area (TPSA) is 93.8 Å². The third-order valence-electron chi connectivity index (χ3n) is 4.79. The molecule has 1 aromatic heterocycles. The average molecular weight is 416 g/mol. The number of nitrogens with zero attached hydrogens (tertiary/aromatic N) is 3. The molecule has 2 aromatic rings. The minimum Gasteiger partial charge on any atom is -0.488 e. The van der Waals surface area contributed by atoms with Crippen LogP contribution < -0.4 is 15.4 Å². The molecule has 0 spiro atoms. The number of aromatic nitrogens is 2. The van der Waals surface area contributed by atoms with Gasteiger partial charge in [0, 0.05) is 37.4 Å². The molecule has 0 aliphatic carbocycles. The molecule has 0 radical (unpaired) electrons. The van der Waals surface area contributed by atoms with Crippen LogP contribution in [0.5, 0.6) is 5.75 Å². The van der Waals surface area contributed by atoms with Crippen LogP contribution in [0.4, 0.5) is 0 Å². The van der Waals surface area contributed by atoms with Gasteiger partial charge in [0.25, 0.3) is 0 Å². The van der Waals surface area contributed by atoms with Gasteiger partial charge in [-0.3, -0.25) is 0 Å². The molecule has 2 heterocycles. The van der Waals surface area contributed by atoms with Gasteiger partial charge in [-0.2, -0.15) is 4.98 Å². The van der Waals surface area contributed by atoms with E-state index in [1.165, 1.54) is 5.56 Å². The molecule has 0 saturated carbocycles. The molecule has 0 amide bonds. The normalized spacial score (nSPS) is 16.8. The van der Waals surface area contributed by atoms with Gasteiger partial charge in [0.1, 0.15) is 11.9 Å². The predicted molar refractivity (Wildman–Crippen MR) is 116 cm³/mol. The van der Waals surface area contributed by atoms with Crippen LogP contribution in [0.1, 0.15) is 56.0 Å². The fourth-order valence-corrected chi connectivity index (χ4v) is 3.09. The molecule has 2 N–H and O–H groups in total. The highest BCUT2D eigenvalue weighted by Crippen LogP contribution is 2.24. The fourth-order valence-electron chi connectivity index (χ4n) is 3.09. The van der Waals surface area contributed by atoms with E-state index in [1.807, 2.05) is 20.8 Å². The van der Waals surface area contributed by atoms with Crippen molar-refractivity contribution in [2.24, 2.45) is 4.99 Å². The number of ether oxygens (including phenoxy) is 2. The van der Waals surface area contributed by atoms with Gasteiger partial charge >= 0.3 is 0 Å². The number of nitrogens with one attached hydrogen (secondary N) is 2. The summed E-state index contributed by atoms with van der Waals surface area (Å²) in [7, 11) is 0. The van der Waals surface area contributed by atoms with Crippen LogP contribution in [0.15, 0.2) is 27.7 Å². The molecule has 1 atom stereocenters. The smallest absolute Gasteiger partial charge is 0.228 e. The minimum absolute atomic E-state index is 0.117. The number of hydrogen-bond donors (Lipinski definition) is 2. The first-order valence-corrected chi connectivity index (χ1v) is 10.7. The van der Waals surface area contributed by atoms with Gasteiger partial charge in [0.2, 0.25) is 5.89 Å². The summed E-state index contributed by atoms with van der Waals surface area (Å²) in [5.41, 5.74) is 2.23. The molecule has 164 valence electrons. The van der Waals surface area contributed by atoms with E-state index in [1.54, 1.807) is 0 Å². The molecular formula is C22H33N5O3. The second-order valence-corrected chi connectivity index (χ2v) is 7.79. The lowest BCUT2D eigenvalue weighted by Crippen LogP contribution is -2.38. The lowest BCUT2D eigenvalue weighted by atomic mass is 10.1. The van der Waals surface area contributed by atoms with Crippen molar-refractivity contribution in [3.8, 4) is 5.75 Å². The van der Waals surface area contributed by atoms with Gasteiger partial charge in [-0.15, -0.1) is 0 Å². The lowest BCUT2D eigenvalue weighted by molar-refractivity contribution is 0.140. The molecule has 0 bridgehead atoms. The predicted octanol–water partition coefficient (Wildman–Crippen LogP) is 2.97. The summed E-state index contributed by atoms with van der Waals surface area (Å²) < 4.78 is 16.9. The summed E-state index contributed by atoms with van der Waals surface area (Å²) in [6.45, 7) is 11.6. The summed E-state index contributed by atoms with van der Waals surface area (Å²) in [6.07, 6.45) is 1.69. The lowest BCUT2D eigenvalue weighted by Gasteiger charge is -2.16. The Morgan fingerprint density at radius 1 is 1.33 bits per heavy atom. The van der Waals surface area contributed by atoms with E-state index >= 15 is 0 Å². The maximum Gasteiger partial charge on any atom is 0.228 e. The first-order chi connectivity index (χ1) is 14.5. The standard InChI is InChI=1S/C22H33N5O3/c1-5-23-22(24-10-8-20-26-21(15(2)3)27-30-20)25-13-17-7-6-16(4)12-19(17)29-18-9-11-28-14-18/h6-7,12,15,18H,5,8-11,13-14H2,1-4H3,(H2,23,24,25). The van der Waals surface area contributed by atoms with E-state index in [-0.39, 0.29) is 12.0 Å². The third kappa shape index (κ3) is 6.45. The maximum absolute atomic E-state index is 6.18. The zero-order valence-corrected chi connectivity index (χ0v) is 18.4. The first-order valence-electron chi connectivity index (χ1n) is 10.7. The molecule has 8 nitrogen and oxygen atoms in total. The minimum atomic E-state index is 0.117. The summed E-state index contributed by atoms with van der Waals surface area (Å²) in [5.74, 6) is 3.27. The van der Waals surface area contributed by atoms with Crippen molar-refractivity contribution in [2.75, 3.05) is 26.3 Å². The largest absolute Gasteiger partial charge is 0.488 e. The van der Waals surface area contributed by atoms with Crippen molar-refractivity contribution in [2.45, 2.75) is 59.1 Å². The molecule has 1 aromatic carbocycles. The van der Waals surface area contributed by atoms with Crippen LogP contribution in [0.2, 0.25) is 0 Å². The fraction of sp³-hybridized carbons (Fsp3) is 0.591. The van der Waals surface area contributed by atoms with Crippen molar-refractivity contribution in [3.63, 3.8) is 0 Å². The van der Waals surface area contributed by atoms with Crippen LogP contribution in [0.25, 0.3) is 0 Å². The summed E-state index contributed by atoms with van der Waals surface area (Å²) in [5, 5.41) is 10.6. The van der Waals surface area contributed by atoms with E-state index in [4.69, 9.17) is 19.0 Å². The molecule has 1 saturated heterocycles. The number of aliphatic imine (C=N–C) groups is 1. The van der Waals surface area contributed by atoms with Gasteiger partial charge in [0.15, 0.2) is 11.8 Å². The van der Waals surface area contributed by atoms with Gasteiger partial charge in [-0.05, 0) is 25.5 Å². The van der Waals surface area contributed by atoms with Crippen LogP contribution in [-0.4, -0.2) is 48.5 Å². The first kappa shape index (κ1) is 22.1. The highest BCUT2D eigenvalue weighted by Gasteiger charge is 2.18. The van der Waals surface area contributed by atoms with Gasteiger partial charge in [-0.1, -0.05) is 31.1 Å². The Hall–Kier alpha value is -2.61. The Bertz CT molecular complexity index is 828. The van der Waals surface area contributed by atoms with Crippen molar-refractivity contribution in [1.29, 1.82) is 0 Å². The Morgan fingerprint density at radius 3 is 2.90 bits per heavy atom. The van der Waals surface area contributed by atoms with E-state index in [9.17, 15) is 0 Å². The molecule has 1 unspecified atom stereocenters. The molecular weight excluding hydrogens is 382 g/mol. The molecule has 1 aliphatic rings. The second kappa shape index (κ2) is 11.0. The maximum atomic E-state index is 6.18. The van der Waals surface area contributed by atoms with Crippen LogP contribution in [-0.2, 0) is 17.7 Å². The highest BCUT2D eigenvalue weighted by molar-refractivity contribution is 5.79. The van der Waals surface area contributed by atoms with E-state index in [0.717, 1.165) is 42.7 Å². The Morgan fingerprint density at radius 2 is 2.20 bits per heavy atom. The number of hydrogen-bond acceptors (Lipinski definition) is 6.